The van der Waals surface area contributed by atoms with Gasteiger partial charge in [0.25, 0.3) is 0 Å². The van der Waals surface area contributed by atoms with Crippen LogP contribution in [0.15, 0.2) is 0 Å². The molecule has 0 spiro atoms. The fourth-order valence-electron chi connectivity index (χ4n) is 0.364. The molecule has 0 atom stereocenters. The molecule has 0 rings (SSSR count). The maximum absolute atomic E-state index is 3.97. The summed E-state index contributed by atoms with van der Waals surface area (Å²) in [5, 5.41) is 2.85. The fraction of sp³-hybridized carbons (Fsp3) is 0. The van der Waals surface area contributed by atoms with Crippen molar-refractivity contribution in [3.8, 4) is 5.37 Å². The van der Waals surface area contributed by atoms with E-state index >= 15 is 0 Å². The van der Waals surface area contributed by atoms with E-state index in [1.54, 1.807) is 106 Å². The van der Waals surface area contributed by atoms with E-state index in [4.69, 9.17) is 0 Å². The van der Waals surface area contributed by atoms with Crippen LogP contribution in [-0.4, -0.2) is 0 Å². The third-order valence-corrected chi connectivity index (χ3v) is 64.4. The number of rotatable bonds is 10. The molecule has 0 aromatic carbocycles. The topological polar surface area (TPSA) is 0 Å². The molecule has 0 aromatic rings. The standard InChI is InChI=1S/CHP23/c2-1-4-6-8-10-12-14-16-18-20-22-24-23-21-19-17-15-13-11-9-7-5-3/h3H. The van der Waals surface area contributed by atoms with Crippen LogP contribution in [0.4, 0.5) is 0 Å². The number of hydrogen-bond acceptors (Lipinski definition) is 0. The summed E-state index contributed by atoms with van der Waals surface area (Å²) in [7, 11) is 39.5. The molecule has 23 heteroatoms. The van der Waals surface area contributed by atoms with E-state index in [0.29, 0.717) is 0 Å². The Morgan fingerprint density at radius 1 is 0.417 bits per heavy atom. The van der Waals surface area contributed by atoms with Gasteiger partial charge in [0.1, 0.15) is 0 Å². The van der Waals surface area contributed by atoms with Crippen LogP contribution in [0.3, 0.4) is 0 Å². The molecule has 0 radical (unpaired) electrons. The van der Waals surface area contributed by atoms with Crippen molar-refractivity contribution in [2.45, 2.75) is 0 Å². The average molecular weight is 725 g/mol. The minimum atomic E-state index is 1.21. The van der Waals surface area contributed by atoms with Gasteiger partial charge in [0.05, 0.1) is 0 Å². The minimum Gasteiger partial charge on any atom is -0.0835 e. The second-order valence-corrected chi connectivity index (χ2v) is 50.4. The average Bonchev–Trinajstić information content (AvgIpc) is 2.60. The molecule has 24 heavy (non-hydrogen) atoms. The fourth-order valence-corrected chi connectivity index (χ4v) is 82.0. The molecular weight excluding hydrogens is 724 g/mol. The van der Waals surface area contributed by atoms with Crippen LogP contribution >= 0.6 is 176 Å². The van der Waals surface area contributed by atoms with Crippen molar-refractivity contribution in [1.29, 1.82) is 0 Å². The van der Waals surface area contributed by atoms with Crippen molar-refractivity contribution in [2.75, 3.05) is 0 Å². The van der Waals surface area contributed by atoms with E-state index in [1.807, 2.05) is 0 Å². The van der Waals surface area contributed by atoms with Crippen LogP contribution in [-0.2, 0) is 0 Å². The monoisotopic (exact) mass is 725 g/mol. The van der Waals surface area contributed by atoms with Gasteiger partial charge in [0.2, 0.25) is 0 Å². The molecule has 0 aliphatic carbocycles. The van der Waals surface area contributed by atoms with Crippen molar-refractivity contribution < 1.29 is 0 Å². The number of hydrogen-bond donors (Lipinski definition) is 0. The first kappa shape index (κ1) is 30.8. The smallest absolute Gasteiger partial charge is 0.0835 e. The van der Waals surface area contributed by atoms with Crippen LogP contribution < -0.4 is 0 Å². The van der Waals surface area contributed by atoms with Crippen LogP contribution in [0.1, 0.15) is 0 Å². The van der Waals surface area contributed by atoms with Crippen LogP contribution in [0.2, 0.25) is 0 Å². The summed E-state index contributed by atoms with van der Waals surface area (Å²) < 4.78 is 0. The molecule has 0 nitrogen and oxygen atoms in total. The molecule has 0 aliphatic rings. The van der Waals surface area contributed by atoms with Gasteiger partial charge in [0.15, 0.2) is 0 Å². The molecule has 120 valence electrons. The molecule has 0 unspecified atom stereocenters. The molecule has 0 amide bonds. The Hall–Kier alpha value is 6.81. The molecule has 0 heterocycles. The van der Waals surface area contributed by atoms with E-state index in [2.05, 4.69) is 22.6 Å². The van der Waals surface area contributed by atoms with Crippen molar-refractivity contribution >= 4 is 176 Å². The molecule has 0 N–H and O–H groups in total. The van der Waals surface area contributed by atoms with Crippen molar-refractivity contribution in [3.63, 3.8) is 0 Å². The van der Waals surface area contributed by atoms with Gasteiger partial charge in [-0.3, -0.25) is 0 Å². The zero-order valence-corrected chi connectivity index (χ0v) is 31.5. The second-order valence-electron chi connectivity index (χ2n) is 2.00. The van der Waals surface area contributed by atoms with Gasteiger partial charge in [-0.1, -0.05) is 8.53 Å². The summed E-state index contributed by atoms with van der Waals surface area (Å²) >= 11 is 0. The Kier molecular flexibility index (Phi) is 38.3. The van der Waals surface area contributed by atoms with Gasteiger partial charge >= 0.3 is 97.5 Å². The van der Waals surface area contributed by atoms with Gasteiger partial charge in [-0.2, -0.15) is 0 Å². The van der Waals surface area contributed by atoms with E-state index in [0.717, 1.165) is 0 Å². The van der Waals surface area contributed by atoms with Gasteiger partial charge in [0, 0.05) is 15.1 Å². The Labute approximate surface area is 179 Å². The van der Waals surface area contributed by atoms with Gasteiger partial charge < -0.3 is 0 Å². The first-order chi connectivity index (χ1) is 11.9. The molecule has 0 aliphatic heterocycles. The SMILES string of the molecule is P#C\P=P/P=P\P=P/P=P\P=P/P=P\P=P/P=P\P=P/P=P\P=P. The first-order valence-electron chi connectivity index (χ1n) is 4.67. The Morgan fingerprint density at radius 2 is 0.667 bits per heavy atom. The Balaban J connectivity index is 3.92. The maximum atomic E-state index is 3.97. The third-order valence-electron chi connectivity index (χ3n) is 0.854. The van der Waals surface area contributed by atoms with Gasteiger partial charge in [-0.25, -0.2) is 0 Å². The Morgan fingerprint density at radius 3 is 0.917 bits per heavy atom. The second kappa shape index (κ2) is 29.8. The van der Waals surface area contributed by atoms with Gasteiger partial charge in [-0.05, 0) is 60.4 Å². The first-order valence-corrected chi connectivity index (χ1v) is 39.4. The molecule has 0 fully saturated rings. The summed E-state index contributed by atoms with van der Waals surface area (Å²) in [6, 6.07) is 0. The predicted octanol–water partition coefficient (Wildman–Crippen LogP) is 19.5. The molecule has 0 bridgehead atoms. The quantitative estimate of drug-likeness (QED) is 0.197. The minimum absolute atomic E-state index is 1.21. The van der Waals surface area contributed by atoms with Crippen molar-refractivity contribution in [2.24, 2.45) is 0 Å². The summed E-state index contributed by atoms with van der Waals surface area (Å²) in [4.78, 5) is 0. The summed E-state index contributed by atoms with van der Waals surface area (Å²) in [5.74, 6) is 0. The van der Waals surface area contributed by atoms with E-state index in [-0.39, 0.29) is 0 Å². The van der Waals surface area contributed by atoms with Crippen molar-refractivity contribution in [3.05, 3.63) is 0 Å². The summed E-state index contributed by atoms with van der Waals surface area (Å²) in [5.41, 5.74) is 0. The van der Waals surface area contributed by atoms with E-state index in [9.17, 15) is 0 Å². The summed E-state index contributed by atoms with van der Waals surface area (Å²) in [6.07, 6.45) is 0. The summed E-state index contributed by atoms with van der Waals surface area (Å²) in [6.45, 7) is 0. The third kappa shape index (κ3) is 28.8. The van der Waals surface area contributed by atoms with Crippen molar-refractivity contribution in [1.82, 2.24) is 0 Å². The van der Waals surface area contributed by atoms with Crippen LogP contribution in [0.25, 0.3) is 0 Å². The molecule has 0 saturated carbocycles. The van der Waals surface area contributed by atoms with E-state index < -0.39 is 0 Å². The molecule has 0 aromatic heterocycles. The zero-order chi connectivity index (χ0) is 17.6. The normalized spacial score (nSPS) is 14.3. The van der Waals surface area contributed by atoms with E-state index in [1.165, 1.54) is 53.2 Å². The molecular formula is CHP23. The predicted molar refractivity (Wildman–Crippen MR) is 164 cm³/mol. The van der Waals surface area contributed by atoms with Crippen LogP contribution in [0.5, 0.6) is 0 Å². The molecule has 0 saturated heterocycles. The zero-order valence-electron chi connectivity index (χ0n) is 10.8. The van der Waals surface area contributed by atoms with Crippen LogP contribution in [0, 0.1) is 5.37 Å². The van der Waals surface area contributed by atoms with Gasteiger partial charge in [-0.15, -0.1) is 0 Å². The Bertz CT molecular complexity index is 649.